The molecule has 2 atom stereocenters. The van der Waals surface area contributed by atoms with Crippen LogP contribution in [-0.4, -0.2) is 94.2 Å². The molecule has 6 nitrogen and oxygen atoms in total. The van der Waals surface area contributed by atoms with Crippen LogP contribution >= 0.6 is 0 Å². The van der Waals surface area contributed by atoms with Crippen molar-refractivity contribution in [2.45, 2.75) is 18.9 Å². The van der Waals surface area contributed by atoms with Gasteiger partial charge >= 0.3 is 0 Å². The van der Waals surface area contributed by atoms with Gasteiger partial charge in [-0.05, 0) is 54.1 Å². The second-order valence-corrected chi connectivity index (χ2v) is 6.45. The third-order valence-corrected chi connectivity index (χ3v) is 3.82. The Labute approximate surface area is 129 Å². The highest BCUT2D eigenvalue weighted by Gasteiger charge is 2.34. The summed E-state index contributed by atoms with van der Waals surface area (Å²) in [4.78, 5) is 18.9. The summed E-state index contributed by atoms with van der Waals surface area (Å²) in [5.41, 5.74) is 5.98. The van der Waals surface area contributed by atoms with Crippen LogP contribution in [0.2, 0.25) is 0 Å². The number of rotatable bonds is 9. The van der Waals surface area contributed by atoms with Crippen LogP contribution in [0.25, 0.3) is 0 Å². The second kappa shape index (κ2) is 9.35. The summed E-state index contributed by atoms with van der Waals surface area (Å²) in [5.74, 6) is 0.00113. The zero-order chi connectivity index (χ0) is 15.8. The van der Waals surface area contributed by atoms with E-state index in [9.17, 15) is 4.79 Å². The van der Waals surface area contributed by atoms with E-state index in [0.29, 0.717) is 13.2 Å². The molecule has 1 heterocycles. The Morgan fingerprint density at radius 1 is 1.00 bits per heavy atom. The molecule has 0 aromatic carbocycles. The number of hydrogen-bond donors (Lipinski definition) is 1. The molecule has 21 heavy (non-hydrogen) atoms. The van der Waals surface area contributed by atoms with E-state index in [2.05, 4.69) is 38.0 Å². The quantitative estimate of drug-likeness (QED) is 0.633. The van der Waals surface area contributed by atoms with Crippen molar-refractivity contribution in [3.63, 3.8) is 0 Å². The Morgan fingerprint density at radius 3 is 1.90 bits per heavy atom. The van der Waals surface area contributed by atoms with Crippen molar-refractivity contribution in [2.75, 3.05) is 67.6 Å². The number of carbonyl (C=O) groups is 1. The fourth-order valence-corrected chi connectivity index (χ4v) is 2.55. The molecule has 1 saturated heterocycles. The summed E-state index contributed by atoms with van der Waals surface area (Å²) in [6, 6.07) is -0.150. The molecule has 0 saturated carbocycles. The van der Waals surface area contributed by atoms with Gasteiger partial charge < -0.3 is 25.2 Å². The highest BCUT2D eigenvalue weighted by atomic mass is 16.5. The molecule has 1 aliphatic heterocycles. The van der Waals surface area contributed by atoms with Crippen LogP contribution in [0.15, 0.2) is 0 Å². The van der Waals surface area contributed by atoms with Crippen LogP contribution in [0.1, 0.15) is 12.8 Å². The van der Waals surface area contributed by atoms with Crippen molar-refractivity contribution in [1.82, 2.24) is 14.7 Å². The van der Waals surface area contributed by atoms with Gasteiger partial charge in [0.2, 0.25) is 5.91 Å². The standard InChI is InChI=1S/C15H32N4O2/c1-17(2)7-5-9-19(10-6-8-18(3)4)15(20)13-11-21-12-14(13)16/h13-14H,5-12,16H2,1-4H3. The predicted octanol–water partition coefficient (Wildman–Crippen LogP) is -0.308. The van der Waals surface area contributed by atoms with Gasteiger partial charge in [0, 0.05) is 19.1 Å². The largest absolute Gasteiger partial charge is 0.379 e. The molecular weight excluding hydrogens is 268 g/mol. The van der Waals surface area contributed by atoms with E-state index in [0.717, 1.165) is 39.0 Å². The lowest BCUT2D eigenvalue weighted by Crippen LogP contribution is -2.45. The maximum absolute atomic E-state index is 12.6. The molecule has 0 aromatic heterocycles. The Kier molecular flexibility index (Phi) is 8.18. The van der Waals surface area contributed by atoms with Gasteiger partial charge in [-0.1, -0.05) is 0 Å². The van der Waals surface area contributed by atoms with Gasteiger partial charge in [-0.3, -0.25) is 4.79 Å². The van der Waals surface area contributed by atoms with Crippen molar-refractivity contribution in [1.29, 1.82) is 0 Å². The van der Waals surface area contributed by atoms with Crippen molar-refractivity contribution in [3.8, 4) is 0 Å². The van der Waals surface area contributed by atoms with E-state index in [1.165, 1.54) is 0 Å². The number of nitrogens with zero attached hydrogens (tertiary/aromatic N) is 3. The lowest BCUT2D eigenvalue weighted by atomic mass is 10.0. The molecule has 124 valence electrons. The van der Waals surface area contributed by atoms with Crippen LogP contribution in [0, 0.1) is 5.92 Å². The van der Waals surface area contributed by atoms with Crippen molar-refractivity contribution in [3.05, 3.63) is 0 Å². The average molecular weight is 300 g/mol. The zero-order valence-electron chi connectivity index (χ0n) is 14.0. The van der Waals surface area contributed by atoms with Gasteiger partial charge in [-0.2, -0.15) is 0 Å². The van der Waals surface area contributed by atoms with Crippen LogP contribution in [0.5, 0.6) is 0 Å². The number of carbonyl (C=O) groups excluding carboxylic acids is 1. The van der Waals surface area contributed by atoms with Crippen molar-refractivity contribution < 1.29 is 9.53 Å². The molecule has 0 aromatic rings. The van der Waals surface area contributed by atoms with Crippen LogP contribution in [0.4, 0.5) is 0 Å². The topological polar surface area (TPSA) is 62.0 Å². The molecule has 6 heteroatoms. The van der Waals surface area contributed by atoms with E-state index in [-0.39, 0.29) is 17.9 Å². The van der Waals surface area contributed by atoms with Crippen LogP contribution in [-0.2, 0) is 9.53 Å². The monoisotopic (exact) mass is 300 g/mol. The zero-order valence-corrected chi connectivity index (χ0v) is 14.0. The Morgan fingerprint density at radius 2 is 1.52 bits per heavy atom. The van der Waals surface area contributed by atoms with E-state index in [4.69, 9.17) is 10.5 Å². The molecule has 1 rings (SSSR count). The van der Waals surface area contributed by atoms with Gasteiger partial charge in [0.05, 0.1) is 19.1 Å². The molecule has 1 aliphatic rings. The number of nitrogens with two attached hydrogens (primary N) is 1. The first-order chi connectivity index (χ1) is 9.91. The summed E-state index contributed by atoms with van der Waals surface area (Å²) < 4.78 is 5.34. The molecule has 0 bridgehead atoms. The number of amides is 1. The van der Waals surface area contributed by atoms with E-state index < -0.39 is 0 Å². The first-order valence-electron chi connectivity index (χ1n) is 7.83. The molecule has 1 fully saturated rings. The predicted molar refractivity (Wildman–Crippen MR) is 85.2 cm³/mol. The van der Waals surface area contributed by atoms with Crippen LogP contribution in [0.3, 0.4) is 0 Å². The fourth-order valence-electron chi connectivity index (χ4n) is 2.55. The first kappa shape index (κ1) is 18.4. The Balaban J connectivity index is 2.50. The molecule has 2 unspecified atom stereocenters. The van der Waals surface area contributed by atoms with Gasteiger partial charge in [0.1, 0.15) is 0 Å². The summed E-state index contributed by atoms with van der Waals surface area (Å²) in [6.45, 7) is 4.55. The van der Waals surface area contributed by atoms with Crippen LogP contribution < -0.4 is 5.73 Å². The maximum atomic E-state index is 12.6. The minimum absolute atomic E-state index is 0.150. The fraction of sp³-hybridized carbons (Fsp3) is 0.933. The normalized spacial score (nSPS) is 22.2. The lowest BCUT2D eigenvalue weighted by molar-refractivity contribution is -0.136. The number of hydrogen-bond acceptors (Lipinski definition) is 5. The second-order valence-electron chi connectivity index (χ2n) is 6.45. The highest BCUT2D eigenvalue weighted by molar-refractivity contribution is 5.80. The smallest absolute Gasteiger partial charge is 0.229 e. The Bertz CT molecular complexity index is 296. The molecule has 0 aliphatic carbocycles. The summed E-state index contributed by atoms with van der Waals surface area (Å²) in [5, 5.41) is 0. The summed E-state index contributed by atoms with van der Waals surface area (Å²) in [6.07, 6.45) is 1.98. The molecule has 0 radical (unpaired) electrons. The molecular formula is C15H32N4O2. The minimum Gasteiger partial charge on any atom is -0.379 e. The average Bonchev–Trinajstić information content (AvgIpc) is 2.81. The van der Waals surface area contributed by atoms with E-state index >= 15 is 0 Å². The van der Waals surface area contributed by atoms with E-state index in [1.54, 1.807) is 0 Å². The minimum atomic E-state index is -0.163. The van der Waals surface area contributed by atoms with Gasteiger partial charge in [-0.25, -0.2) is 0 Å². The summed E-state index contributed by atoms with van der Waals surface area (Å²) in [7, 11) is 8.22. The first-order valence-corrected chi connectivity index (χ1v) is 7.83. The van der Waals surface area contributed by atoms with Crippen molar-refractivity contribution in [2.24, 2.45) is 11.7 Å². The lowest BCUT2D eigenvalue weighted by Gasteiger charge is -2.27. The van der Waals surface area contributed by atoms with Crippen molar-refractivity contribution >= 4 is 5.91 Å². The third kappa shape index (κ3) is 6.74. The third-order valence-electron chi connectivity index (χ3n) is 3.82. The SMILES string of the molecule is CN(C)CCCN(CCCN(C)C)C(=O)C1COCC1N. The number of ether oxygens (including phenoxy) is 1. The molecule has 2 N–H and O–H groups in total. The van der Waals surface area contributed by atoms with Gasteiger partial charge in [0.25, 0.3) is 0 Å². The van der Waals surface area contributed by atoms with E-state index in [1.807, 2.05) is 4.90 Å². The Hall–Kier alpha value is -0.690. The molecule has 0 spiro atoms. The molecule has 1 amide bonds. The van der Waals surface area contributed by atoms with Gasteiger partial charge in [-0.15, -0.1) is 0 Å². The highest BCUT2D eigenvalue weighted by Crippen LogP contribution is 2.15. The van der Waals surface area contributed by atoms with Gasteiger partial charge in [0.15, 0.2) is 0 Å². The summed E-state index contributed by atoms with van der Waals surface area (Å²) >= 11 is 0. The maximum Gasteiger partial charge on any atom is 0.229 e.